The predicted octanol–water partition coefficient (Wildman–Crippen LogP) is 5.47. The van der Waals surface area contributed by atoms with E-state index in [4.69, 9.17) is 0 Å². The van der Waals surface area contributed by atoms with E-state index in [9.17, 15) is 0 Å². The Bertz CT molecular complexity index is 858. The minimum atomic E-state index is 0.240. The van der Waals surface area contributed by atoms with Gasteiger partial charge in [0.2, 0.25) is 0 Å². The van der Waals surface area contributed by atoms with Gasteiger partial charge in [0.25, 0.3) is 0 Å². The molecule has 2 aliphatic rings. The Morgan fingerprint density at radius 1 is 0.846 bits per heavy atom. The SMILES string of the molecule is CC1(C)CCC(C)(C)c2cc(-c3cncc(C4=CCNCC4)c3)ccc21. The molecule has 0 unspecified atom stereocenters. The Labute approximate surface area is 157 Å². The zero-order valence-corrected chi connectivity index (χ0v) is 16.5. The number of nitrogens with one attached hydrogen (secondary N) is 1. The molecule has 2 heterocycles. The molecule has 0 spiro atoms. The van der Waals surface area contributed by atoms with E-state index < -0.39 is 0 Å². The maximum absolute atomic E-state index is 4.55. The van der Waals surface area contributed by atoms with Crippen molar-refractivity contribution in [3.8, 4) is 11.1 Å². The molecule has 0 saturated heterocycles. The minimum Gasteiger partial charge on any atom is -0.313 e. The van der Waals surface area contributed by atoms with Crippen molar-refractivity contribution in [3.05, 3.63) is 59.4 Å². The van der Waals surface area contributed by atoms with Gasteiger partial charge in [0.15, 0.2) is 0 Å². The summed E-state index contributed by atoms with van der Waals surface area (Å²) in [4.78, 5) is 4.55. The van der Waals surface area contributed by atoms with Gasteiger partial charge >= 0.3 is 0 Å². The second-order valence-corrected chi connectivity index (χ2v) is 9.17. The Balaban J connectivity index is 1.77. The lowest BCUT2D eigenvalue weighted by Gasteiger charge is -2.42. The van der Waals surface area contributed by atoms with Crippen LogP contribution in [-0.2, 0) is 10.8 Å². The van der Waals surface area contributed by atoms with Crippen molar-refractivity contribution in [2.75, 3.05) is 13.1 Å². The first kappa shape index (κ1) is 17.5. The van der Waals surface area contributed by atoms with Crippen molar-refractivity contribution in [2.45, 2.75) is 57.8 Å². The van der Waals surface area contributed by atoms with E-state index in [2.05, 4.69) is 68.3 Å². The van der Waals surface area contributed by atoms with Crippen molar-refractivity contribution in [3.63, 3.8) is 0 Å². The van der Waals surface area contributed by atoms with Crippen LogP contribution in [0.3, 0.4) is 0 Å². The summed E-state index contributed by atoms with van der Waals surface area (Å²) in [5, 5.41) is 3.38. The van der Waals surface area contributed by atoms with Gasteiger partial charge in [0.05, 0.1) is 0 Å². The van der Waals surface area contributed by atoms with Crippen LogP contribution in [0.15, 0.2) is 42.7 Å². The lowest BCUT2D eigenvalue weighted by atomic mass is 9.63. The summed E-state index contributed by atoms with van der Waals surface area (Å²) >= 11 is 0. The Morgan fingerprint density at radius 2 is 1.58 bits per heavy atom. The molecule has 136 valence electrons. The van der Waals surface area contributed by atoms with Crippen LogP contribution in [0, 0.1) is 0 Å². The van der Waals surface area contributed by atoms with Gasteiger partial charge in [-0.3, -0.25) is 4.98 Å². The highest BCUT2D eigenvalue weighted by atomic mass is 14.8. The molecule has 0 radical (unpaired) electrons. The lowest BCUT2D eigenvalue weighted by Crippen LogP contribution is -2.33. The van der Waals surface area contributed by atoms with Crippen molar-refractivity contribution in [1.82, 2.24) is 10.3 Å². The molecule has 2 nitrogen and oxygen atoms in total. The number of aromatic nitrogens is 1. The number of fused-ring (bicyclic) bond motifs is 1. The highest BCUT2D eigenvalue weighted by Gasteiger charge is 2.36. The molecule has 0 fully saturated rings. The average Bonchev–Trinajstić information content (AvgIpc) is 2.66. The predicted molar refractivity (Wildman–Crippen MR) is 110 cm³/mol. The standard InChI is InChI=1S/C24H30N2/c1-23(2)9-10-24(3,4)22-14-18(5-6-21(22)23)20-13-19(15-26-16-20)17-7-11-25-12-8-17/h5-7,13-16,25H,8-12H2,1-4H3. The second kappa shape index (κ2) is 6.35. The van der Waals surface area contributed by atoms with E-state index in [1.54, 1.807) is 0 Å². The molecule has 0 bridgehead atoms. The number of nitrogens with zero attached hydrogens (tertiary/aromatic N) is 1. The largest absolute Gasteiger partial charge is 0.313 e. The van der Waals surface area contributed by atoms with E-state index in [0.29, 0.717) is 0 Å². The van der Waals surface area contributed by atoms with Crippen LogP contribution in [0.4, 0.5) is 0 Å². The van der Waals surface area contributed by atoms with Gasteiger partial charge in [0, 0.05) is 24.5 Å². The third-order valence-corrected chi connectivity index (χ3v) is 6.36. The molecule has 0 atom stereocenters. The monoisotopic (exact) mass is 346 g/mol. The summed E-state index contributed by atoms with van der Waals surface area (Å²) in [6.07, 6.45) is 9.89. The van der Waals surface area contributed by atoms with Gasteiger partial charge in [-0.15, -0.1) is 0 Å². The maximum Gasteiger partial charge on any atom is 0.0346 e. The van der Waals surface area contributed by atoms with E-state index in [1.807, 2.05) is 12.4 Å². The maximum atomic E-state index is 4.55. The van der Waals surface area contributed by atoms with Crippen LogP contribution in [-0.4, -0.2) is 18.1 Å². The van der Waals surface area contributed by atoms with Gasteiger partial charge in [-0.1, -0.05) is 52.0 Å². The fraction of sp³-hybridized carbons (Fsp3) is 0.458. The summed E-state index contributed by atoms with van der Waals surface area (Å²) in [6, 6.07) is 9.39. The van der Waals surface area contributed by atoms with Gasteiger partial charge in [-0.2, -0.15) is 0 Å². The summed E-state index contributed by atoms with van der Waals surface area (Å²) in [5.74, 6) is 0. The molecule has 2 aromatic rings. The normalized spacial score (nSPS) is 21.0. The smallest absolute Gasteiger partial charge is 0.0346 e. The number of hydrogen-bond acceptors (Lipinski definition) is 2. The third-order valence-electron chi connectivity index (χ3n) is 6.36. The fourth-order valence-electron chi connectivity index (χ4n) is 4.43. The first-order valence-electron chi connectivity index (χ1n) is 9.87. The van der Waals surface area contributed by atoms with Crippen LogP contribution in [0.5, 0.6) is 0 Å². The molecular formula is C24H30N2. The van der Waals surface area contributed by atoms with E-state index in [-0.39, 0.29) is 10.8 Å². The quantitative estimate of drug-likeness (QED) is 0.779. The molecule has 0 amide bonds. The van der Waals surface area contributed by atoms with E-state index in [0.717, 1.165) is 19.5 Å². The molecule has 1 N–H and O–H groups in total. The molecule has 2 heteroatoms. The summed E-state index contributed by atoms with van der Waals surface area (Å²) in [6.45, 7) is 11.6. The van der Waals surface area contributed by atoms with Gasteiger partial charge in [-0.25, -0.2) is 0 Å². The Morgan fingerprint density at radius 3 is 2.31 bits per heavy atom. The zero-order chi connectivity index (χ0) is 18.4. The molecule has 1 aromatic heterocycles. The number of pyridine rings is 1. The second-order valence-electron chi connectivity index (χ2n) is 9.17. The third kappa shape index (κ3) is 3.12. The molecule has 1 aliphatic carbocycles. The highest BCUT2D eigenvalue weighted by Crippen LogP contribution is 2.46. The van der Waals surface area contributed by atoms with Gasteiger partial charge in [-0.05, 0) is 70.5 Å². The van der Waals surface area contributed by atoms with E-state index >= 15 is 0 Å². The van der Waals surface area contributed by atoms with Crippen molar-refractivity contribution in [1.29, 1.82) is 0 Å². The fourth-order valence-corrected chi connectivity index (χ4v) is 4.43. The van der Waals surface area contributed by atoms with Crippen molar-refractivity contribution >= 4 is 5.57 Å². The van der Waals surface area contributed by atoms with E-state index in [1.165, 1.54) is 46.2 Å². The average molecular weight is 347 g/mol. The van der Waals surface area contributed by atoms with Crippen LogP contribution in [0.1, 0.15) is 63.6 Å². The number of rotatable bonds is 2. The summed E-state index contributed by atoms with van der Waals surface area (Å²) in [7, 11) is 0. The Hall–Kier alpha value is -1.93. The van der Waals surface area contributed by atoms with Crippen molar-refractivity contribution < 1.29 is 0 Å². The Kier molecular flexibility index (Phi) is 4.27. The topological polar surface area (TPSA) is 24.9 Å². The number of benzene rings is 1. The number of hydrogen-bond donors (Lipinski definition) is 1. The molecule has 26 heavy (non-hydrogen) atoms. The molecule has 4 rings (SSSR count). The van der Waals surface area contributed by atoms with Crippen LogP contribution < -0.4 is 5.32 Å². The molecule has 1 aliphatic heterocycles. The zero-order valence-electron chi connectivity index (χ0n) is 16.5. The first-order valence-corrected chi connectivity index (χ1v) is 9.87. The van der Waals surface area contributed by atoms with Gasteiger partial charge < -0.3 is 5.32 Å². The summed E-state index contributed by atoms with van der Waals surface area (Å²) < 4.78 is 0. The first-order chi connectivity index (χ1) is 12.4. The highest BCUT2D eigenvalue weighted by molar-refractivity contribution is 5.73. The summed E-state index contributed by atoms with van der Waals surface area (Å²) in [5.41, 5.74) is 8.73. The minimum absolute atomic E-state index is 0.240. The van der Waals surface area contributed by atoms with Crippen LogP contribution in [0.2, 0.25) is 0 Å². The van der Waals surface area contributed by atoms with Crippen molar-refractivity contribution in [2.24, 2.45) is 0 Å². The molecular weight excluding hydrogens is 316 g/mol. The van der Waals surface area contributed by atoms with Crippen LogP contribution in [0.25, 0.3) is 16.7 Å². The molecule has 1 aromatic carbocycles. The lowest BCUT2D eigenvalue weighted by molar-refractivity contribution is 0.332. The van der Waals surface area contributed by atoms with Gasteiger partial charge in [0.1, 0.15) is 0 Å². The molecule has 0 saturated carbocycles. The van der Waals surface area contributed by atoms with Crippen LogP contribution >= 0.6 is 0 Å².